The smallest absolute Gasteiger partial charge is 0.344 e. The van der Waals surface area contributed by atoms with Gasteiger partial charge in [-0.15, -0.1) is 0 Å². The Balaban J connectivity index is 1.96. The molecule has 2 rings (SSSR count). The van der Waals surface area contributed by atoms with Crippen LogP contribution in [0.15, 0.2) is 47.6 Å². The number of hydrogen-bond acceptors (Lipinski definition) is 6. The van der Waals surface area contributed by atoms with E-state index in [2.05, 4.69) is 10.5 Å². The van der Waals surface area contributed by atoms with Crippen LogP contribution in [-0.2, 0) is 9.53 Å². The van der Waals surface area contributed by atoms with Crippen LogP contribution in [-0.4, -0.2) is 37.9 Å². The lowest BCUT2D eigenvalue weighted by molar-refractivity contribution is -0.149. The second kappa shape index (κ2) is 10.1. The minimum Gasteiger partial charge on any atom is -0.493 e. The largest absolute Gasteiger partial charge is 0.493 e. The summed E-state index contributed by atoms with van der Waals surface area (Å²) in [6.45, 7) is 5.27. The zero-order chi connectivity index (χ0) is 20.5. The van der Waals surface area contributed by atoms with Gasteiger partial charge in [0.1, 0.15) is 0 Å². The first-order chi connectivity index (χ1) is 13.4. The highest BCUT2D eigenvalue weighted by molar-refractivity contribution is 5.94. The number of methoxy groups -OCH3 is 1. The third kappa shape index (κ3) is 6.42. The van der Waals surface area contributed by atoms with E-state index in [4.69, 9.17) is 14.2 Å². The van der Waals surface area contributed by atoms with Gasteiger partial charge in [-0.2, -0.15) is 5.10 Å². The van der Waals surface area contributed by atoms with Crippen molar-refractivity contribution < 1.29 is 23.8 Å². The number of hydrogen-bond donors (Lipinski definition) is 1. The molecule has 7 heteroatoms. The molecule has 0 saturated heterocycles. The Morgan fingerprint density at radius 1 is 1.11 bits per heavy atom. The van der Waals surface area contributed by atoms with Crippen LogP contribution < -0.4 is 14.9 Å². The minimum absolute atomic E-state index is 0.202. The molecule has 0 radical (unpaired) electrons. The van der Waals surface area contributed by atoms with Crippen molar-refractivity contribution in [2.24, 2.45) is 5.10 Å². The molecule has 0 heterocycles. The summed E-state index contributed by atoms with van der Waals surface area (Å²) in [6.07, 6.45) is 1.29. The molecule has 0 unspecified atom stereocenters. The monoisotopic (exact) mass is 384 g/mol. The summed E-state index contributed by atoms with van der Waals surface area (Å²) in [5.74, 6) is 0.0866. The standard InChI is InChI=1S/C21H24N2O5/c1-14(2)28-20(24)13-27-18-10-7-16(11-19(18)26-4)12-22-23-21(25)17-8-5-15(3)6-9-17/h5-12,14H,13H2,1-4H3,(H,23,25)/b22-12+. The molecule has 0 aliphatic carbocycles. The first-order valence-electron chi connectivity index (χ1n) is 8.79. The van der Waals surface area contributed by atoms with E-state index >= 15 is 0 Å². The number of nitrogens with one attached hydrogen (secondary N) is 1. The maximum Gasteiger partial charge on any atom is 0.344 e. The molecule has 0 aromatic heterocycles. The van der Waals surface area contributed by atoms with Gasteiger partial charge in [-0.25, -0.2) is 10.2 Å². The first-order valence-corrected chi connectivity index (χ1v) is 8.79. The van der Waals surface area contributed by atoms with Crippen molar-refractivity contribution in [3.63, 3.8) is 0 Å². The summed E-state index contributed by atoms with van der Waals surface area (Å²) in [5.41, 5.74) is 4.77. The highest BCUT2D eigenvalue weighted by atomic mass is 16.6. The predicted octanol–water partition coefficient (Wildman–Crippen LogP) is 3.10. The minimum atomic E-state index is -0.457. The Kier molecular flexibility index (Phi) is 7.56. The molecule has 1 N–H and O–H groups in total. The number of carbonyl (C=O) groups excluding carboxylic acids is 2. The quantitative estimate of drug-likeness (QED) is 0.429. The van der Waals surface area contributed by atoms with E-state index in [9.17, 15) is 9.59 Å². The fraction of sp³-hybridized carbons (Fsp3) is 0.286. The fourth-order valence-electron chi connectivity index (χ4n) is 2.25. The molecule has 7 nitrogen and oxygen atoms in total. The molecule has 0 atom stereocenters. The van der Waals surface area contributed by atoms with E-state index in [0.717, 1.165) is 5.56 Å². The van der Waals surface area contributed by atoms with E-state index in [1.807, 2.05) is 19.1 Å². The van der Waals surface area contributed by atoms with E-state index in [-0.39, 0.29) is 18.6 Å². The average Bonchev–Trinajstić information content (AvgIpc) is 2.66. The van der Waals surface area contributed by atoms with Crippen LogP contribution in [0, 0.1) is 6.92 Å². The Labute approximate surface area is 164 Å². The van der Waals surface area contributed by atoms with Crippen LogP contribution in [0.3, 0.4) is 0 Å². The van der Waals surface area contributed by atoms with Gasteiger partial charge in [-0.05, 0) is 56.7 Å². The lowest BCUT2D eigenvalue weighted by Crippen LogP contribution is -2.19. The predicted molar refractivity (Wildman–Crippen MR) is 106 cm³/mol. The first kappa shape index (κ1) is 21.0. The van der Waals surface area contributed by atoms with Crippen molar-refractivity contribution in [1.29, 1.82) is 0 Å². The summed E-state index contributed by atoms with van der Waals surface area (Å²) in [5, 5.41) is 3.96. The molecule has 1 amide bonds. The normalized spacial score (nSPS) is 10.8. The number of carbonyl (C=O) groups is 2. The topological polar surface area (TPSA) is 86.2 Å². The van der Waals surface area contributed by atoms with Crippen LogP contribution in [0.2, 0.25) is 0 Å². The van der Waals surface area contributed by atoms with Crippen LogP contribution in [0.4, 0.5) is 0 Å². The fourth-order valence-corrected chi connectivity index (χ4v) is 2.25. The van der Waals surface area contributed by atoms with Gasteiger partial charge in [0.15, 0.2) is 18.1 Å². The average molecular weight is 384 g/mol. The molecule has 2 aromatic rings. The molecule has 0 aliphatic heterocycles. The summed E-state index contributed by atoms with van der Waals surface area (Å²) in [7, 11) is 1.49. The van der Waals surface area contributed by atoms with Crippen LogP contribution in [0.5, 0.6) is 11.5 Å². The third-order valence-corrected chi connectivity index (χ3v) is 3.59. The molecule has 148 valence electrons. The summed E-state index contributed by atoms with van der Waals surface area (Å²) < 4.78 is 15.7. The number of amides is 1. The van der Waals surface area contributed by atoms with Crippen molar-refractivity contribution in [3.05, 3.63) is 59.2 Å². The van der Waals surface area contributed by atoms with Gasteiger partial charge in [-0.3, -0.25) is 4.79 Å². The SMILES string of the molecule is COc1cc(/C=N/NC(=O)c2ccc(C)cc2)ccc1OCC(=O)OC(C)C. The lowest BCUT2D eigenvalue weighted by atomic mass is 10.1. The maximum atomic E-state index is 12.0. The lowest BCUT2D eigenvalue weighted by Gasteiger charge is -2.12. The molecule has 0 bridgehead atoms. The molecular formula is C21H24N2O5. The number of nitrogens with zero attached hydrogens (tertiary/aromatic N) is 1. The van der Waals surface area contributed by atoms with Gasteiger partial charge < -0.3 is 14.2 Å². The number of ether oxygens (including phenoxy) is 3. The van der Waals surface area contributed by atoms with E-state index in [1.54, 1.807) is 44.2 Å². The van der Waals surface area contributed by atoms with Gasteiger partial charge in [0, 0.05) is 5.56 Å². The van der Waals surface area contributed by atoms with Crippen molar-refractivity contribution in [2.75, 3.05) is 13.7 Å². The molecule has 0 saturated carbocycles. The number of esters is 1. The highest BCUT2D eigenvalue weighted by Gasteiger charge is 2.10. The number of rotatable bonds is 8. The van der Waals surface area contributed by atoms with Crippen molar-refractivity contribution in [2.45, 2.75) is 26.9 Å². The molecule has 2 aromatic carbocycles. The van der Waals surface area contributed by atoms with E-state index in [0.29, 0.717) is 22.6 Å². The van der Waals surface area contributed by atoms with Crippen LogP contribution >= 0.6 is 0 Å². The summed E-state index contributed by atoms with van der Waals surface area (Å²) >= 11 is 0. The highest BCUT2D eigenvalue weighted by Crippen LogP contribution is 2.27. The van der Waals surface area contributed by atoms with E-state index < -0.39 is 5.97 Å². The zero-order valence-electron chi connectivity index (χ0n) is 16.4. The Morgan fingerprint density at radius 3 is 2.46 bits per heavy atom. The second-order valence-electron chi connectivity index (χ2n) is 6.30. The van der Waals surface area contributed by atoms with Gasteiger partial charge in [0.2, 0.25) is 0 Å². The zero-order valence-corrected chi connectivity index (χ0v) is 16.4. The second-order valence-corrected chi connectivity index (χ2v) is 6.30. The van der Waals surface area contributed by atoms with E-state index in [1.165, 1.54) is 13.3 Å². The van der Waals surface area contributed by atoms with Gasteiger partial charge in [0.05, 0.1) is 19.4 Å². The third-order valence-electron chi connectivity index (χ3n) is 3.59. The molecule has 0 spiro atoms. The molecular weight excluding hydrogens is 360 g/mol. The molecule has 0 fully saturated rings. The van der Waals surface area contributed by atoms with Crippen molar-refractivity contribution in [3.8, 4) is 11.5 Å². The molecule has 0 aliphatic rings. The number of hydrazone groups is 1. The summed E-state index contributed by atoms with van der Waals surface area (Å²) in [6, 6.07) is 12.3. The van der Waals surface area contributed by atoms with Crippen molar-refractivity contribution >= 4 is 18.1 Å². The summed E-state index contributed by atoms with van der Waals surface area (Å²) in [4.78, 5) is 23.6. The number of aryl methyl sites for hydroxylation is 1. The number of benzene rings is 2. The maximum absolute atomic E-state index is 12.0. The van der Waals surface area contributed by atoms with Crippen LogP contribution in [0.1, 0.15) is 35.3 Å². The Hall–Kier alpha value is -3.35. The Morgan fingerprint density at radius 2 is 1.82 bits per heavy atom. The molecule has 28 heavy (non-hydrogen) atoms. The van der Waals surface area contributed by atoms with Crippen LogP contribution in [0.25, 0.3) is 0 Å². The van der Waals surface area contributed by atoms with Gasteiger partial charge >= 0.3 is 5.97 Å². The van der Waals surface area contributed by atoms with Gasteiger partial charge in [0.25, 0.3) is 5.91 Å². The van der Waals surface area contributed by atoms with Gasteiger partial charge in [-0.1, -0.05) is 17.7 Å². The van der Waals surface area contributed by atoms with Crippen molar-refractivity contribution in [1.82, 2.24) is 5.43 Å². The Bertz CT molecular complexity index is 844.